The summed E-state index contributed by atoms with van der Waals surface area (Å²) in [5.74, 6) is -0.0745. The van der Waals surface area contributed by atoms with Crippen LogP contribution >= 0.6 is 0 Å². The third-order valence-electron chi connectivity index (χ3n) is 5.44. The van der Waals surface area contributed by atoms with Crippen LogP contribution in [-0.2, 0) is 9.59 Å². The van der Waals surface area contributed by atoms with Crippen molar-refractivity contribution in [3.63, 3.8) is 0 Å². The summed E-state index contributed by atoms with van der Waals surface area (Å²) in [6, 6.07) is 31.1. The number of ether oxygens (including phenoxy) is 2. The van der Waals surface area contributed by atoms with Crippen LogP contribution in [-0.4, -0.2) is 11.9 Å². The molecule has 0 N–H and O–H groups in total. The number of rotatable bonds is 8. The molecule has 5 nitrogen and oxygen atoms in total. The van der Waals surface area contributed by atoms with Gasteiger partial charge >= 0.3 is 11.9 Å². The topological polar surface area (TPSA) is 55.8 Å². The van der Waals surface area contributed by atoms with Crippen LogP contribution in [0.15, 0.2) is 122 Å². The summed E-state index contributed by atoms with van der Waals surface area (Å²) in [5, 5.41) is 0. The van der Waals surface area contributed by atoms with Crippen LogP contribution in [0.5, 0.6) is 11.5 Å². The molecule has 0 bridgehead atoms. The van der Waals surface area contributed by atoms with E-state index in [1.165, 1.54) is 0 Å². The molecule has 0 aliphatic rings. The van der Waals surface area contributed by atoms with Gasteiger partial charge in [-0.3, -0.25) is 0 Å². The summed E-state index contributed by atoms with van der Waals surface area (Å²) in [7, 11) is 0. The number of hydrogen-bond acceptors (Lipinski definition) is 5. The van der Waals surface area contributed by atoms with Crippen molar-refractivity contribution in [1.29, 1.82) is 0 Å². The summed E-state index contributed by atoms with van der Waals surface area (Å²) in [4.78, 5) is 25.1. The molecule has 0 aromatic heterocycles. The second-order valence-corrected chi connectivity index (χ2v) is 7.99. The molecule has 4 aromatic rings. The summed E-state index contributed by atoms with van der Waals surface area (Å²) in [6.07, 6.45) is 2.27. The molecule has 0 spiro atoms. The lowest BCUT2D eigenvalue weighted by Gasteiger charge is -2.26. The van der Waals surface area contributed by atoms with E-state index < -0.39 is 11.9 Å². The number of carbonyl (C=O) groups is 2. The molecular weight excluding hydrogens is 450 g/mol. The highest BCUT2D eigenvalue weighted by atomic mass is 16.5. The molecule has 0 fully saturated rings. The Morgan fingerprint density at radius 3 is 1.56 bits per heavy atom. The first kappa shape index (κ1) is 24.2. The second-order valence-electron chi connectivity index (χ2n) is 7.99. The number of esters is 2. The maximum atomic E-state index is 11.5. The van der Waals surface area contributed by atoms with E-state index in [2.05, 4.69) is 55.3 Å². The fourth-order valence-electron chi connectivity index (χ4n) is 3.71. The minimum atomic E-state index is -0.499. The highest BCUT2D eigenvalue weighted by Gasteiger charge is 2.14. The lowest BCUT2D eigenvalue weighted by Crippen LogP contribution is -2.10. The summed E-state index contributed by atoms with van der Waals surface area (Å²) < 4.78 is 10.4. The highest BCUT2D eigenvalue weighted by Crippen LogP contribution is 2.36. The minimum Gasteiger partial charge on any atom is -0.423 e. The van der Waals surface area contributed by atoms with Crippen molar-refractivity contribution in [3.8, 4) is 22.6 Å². The fourth-order valence-corrected chi connectivity index (χ4v) is 3.71. The molecule has 4 rings (SSSR count). The maximum absolute atomic E-state index is 11.5. The Hall–Kier alpha value is -4.90. The first-order chi connectivity index (χ1) is 17.5. The van der Waals surface area contributed by atoms with Gasteiger partial charge in [-0.05, 0) is 84.3 Å². The van der Waals surface area contributed by atoms with Gasteiger partial charge in [-0.15, -0.1) is 0 Å². The van der Waals surface area contributed by atoms with Crippen molar-refractivity contribution in [2.24, 2.45) is 0 Å². The lowest BCUT2D eigenvalue weighted by atomic mass is 10.0. The van der Waals surface area contributed by atoms with Gasteiger partial charge in [-0.1, -0.05) is 49.6 Å². The third kappa shape index (κ3) is 5.77. The number of hydrogen-bond donors (Lipinski definition) is 0. The molecule has 0 aliphatic heterocycles. The minimum absolute atomic E-state index is 0.449. The highest BCUT2D eigenvalue weighted by molar-refractivity contribution is 5.84. The second kappa shape index (κ2) is 11.0. The molecule has 4 aromatic carbocycles. The van der Waals surface area contributed by atoms with Crippen LogP contribution in [0.4, 0.5) is 17.1 Å². The van der Waals surface area contributed by atoms with E-state index in [4.69, 9.17) is 9.47 Å². The Kier molecular flexibility index (Phi) is 7.42. The largest absolute Gasteiger partial charge is 0.423 e. The van der Waals surface area contributed by atoms with Crippen LogP contribution in [0.2, 0.25) is 0 Å². The summed E-state index contributed by atoms with van der Waals surface area (Å²) >= 11 is 0. The third-order valence-corrected chi connectivity index (χ3v) is 5.44. The van der Waals surface area contributed by atoms with E-state index in [1.807, 2.05) is 42.5 Å². The van der Waals surface area contributed by atoms with Gasteiger partial charge in [0.25, 0.3) is 0 Å². The maximum Gasteiger partial charge on any atom is 0.335 e. The molecule has 0 aliphatic carbocycles. The van der Waals surface area contributed by atoms with Crippen molar-refractivity contribution in [2.75, 3.05) is 4.90 Å². The molecule has 0 amide bonds. The Bertz CT molecular complexity index is 1390. The quantitative estimate of drug-likeness (QED) is 0.152. The first-order valence-electron chi connectivity index (χ1n) is 11.3. The van der Waals surface area contributed by atoms with Gasteiger partial charge in [-0.25, -0.2) is 9.59 Å². The van der Waals surface area contributed by atoms with Gasteiger partial charge in [0.15, 0.2) is 0 Å². The predicted molar refractivity (Wildman–Crippen MR) is 143 cm³/mol. The van der Waals surface area contributed by atoms with Gasteiger partial charge in [-0.2, -0.15) is 0 Å². The van der Waals surface area contributed by atoms with Crippen LogP contribution in [0, 0.1) is 6.92 Å². The van der Waals surface area contributed by atoms with Crippen molar-refractivity contribution in [1.82, 2.24) is 0 Å². The summed E-state index contributed by atoms with van der Waals surface area (Å²) in [5.41, 5.74) is 6.05. The zero-order valence-corrected chi connectivity index (χ0v) is 19.9. The van der Waals surface area contributed by atoms with Gasteiger partial charge in [0.1, 0.15) is 11.5 Å². The van der Waals surface area contributed by atoms with E-state index in [0.29, 0.717) is 11.5 Å². The molecule has 5 heteroatoms. The molecule has 36 heavy (non-hydrogen) atoms. The van der Waals surface area contributed by atoms with Crippen LogP contribution in [0.25, 0.3) is 11.1 Å². The first-order valence-corrected chi connectivity index (χ1v) is 11.3. The molecule has 0 radical (unpaired) electrons. The number of carbonyl (C=O) groups excluding carboxylic acids is 2. The van der Waals surface area contributed by atoms with Gasteiger partial charge in [0, 0.05) is 29.2 Å². The van der Waals surface area contributed by atoms with E-state index in [1.54, 1.807) is 24.3 Å². The molecular formula is C31H25NO4. The Morgan fingerprint density at radius 1 is 0.639 bits per heavy atom. The van der Waals surface area contributed by atoms with E-state index in [9.17, 15) is 9.59 Å². The predicted octanol–water partition coefficient (Wildman–Crippen LogP) is 7.31. The number of aryl methyl sites for hydroxylation is 1. The van der Waals surface area contributed by atoms with Crippen molar-refractivity contribution < 1.29 is 19.1 Å². The van der Waals surface area contributed by atoms with Gasteiger partial charge in [0.05, 0.1) is 0 Å². The normalized spacial score (nSPS) is 10.2. The van der Waals surface area contributed by atoms with E-state index in [-0.39, 0.29) is 0 Å². The summed E-state index contributed by atoms with van der Waals surface area (Å²) in [6.45, 7) is 8.90. The smallest absolute Gasteiger partial charge is 0.335 e. The average molecular weight is 476 g/mol. The molecule has 0 saturated carbocycles. The van der Waals surface area contributed by atoms with Crippen LogP contribution < -0.4 is 14.4 Å². The Morgan fingerprint density at radius 2 is 1.08 bits per heavy atom. The number of benzene rings is 4. The Labute approximate surface area is 210 Å². The van der Waals surface area contributed by atoms with Crippen molar-refractivity contribution >= 4 is 29.0 Å². The van der Waals surface area contributed by atoms with Crippen LogP contribution in [0.1, 0.15) is 5.56 Å². The SMILES string of the molecule is C=CC(=O)Oc1ccc(-c2ccc(N(c3ccc(OC(=O)C=C)cc3)c3cccc(C)c3)cc2)cc1. The van der Waals surface area contributed by atoms with Crippen molar-refractivity contribution in [3.05, 3.63) is 128 Å². The van der Waals surface area contributed by atoms with Crippen molar-refractivity contribution in [2.45, 2.75) is 6.92 Å². The molecule has 0 heterocycles. The van der Waals surface area contributed by atoms with Crippen LogP contribution in [0.3, 0.4) is 0 Å². The molecule has 0 saturated heterocycles. The molecule has 178 valence electrons. The number of anilines is 3. The molecule has 0 unspecified atom stereocenters. The number of nitrogens with zero attached hydrogens (tertiary/aromatic N) is 1. The van der Waals surface area contributed by atoms with E-state index >= 15 is 0 Å². The monoisotopic (exact) mass is 475 g/mol. The van der Waals surface area contributed by atoms with E-state index in [0.717, 1.165) is 45.9 Å². The Balaban J connectivity index is 1.64. The zero-order valence-electron chi connectivity index (χ0n) is 19.9. The zero-order chi connectivity index (χ0) is 25.5. The average Bonchev–Trinajstić information content (AvgIpc) is 2.90. The lowest BCUT2D eigenvalue weighted by molar-refractivity contribution is -0.129. The standard InChI is InChI=1S/C31H25NO4/c1-4-30(33)35-28-17-11-24(12-18-28)23-9-13-25(14-10-23)32(27-8-6-7-22(3)21-27)26-15-19-29(20-16-26)36-31(34)5-2/h4-21H,1-2H2,3H3. The van der Waals surface area contributed by atoms with Gasteiger partial charge < -0.3 is 14.4 Å². The fraction of sp³-hybridized carbons (Fsp3) is 0.0323. The molecule has 0 atom stereocenters. The van der Waals surface area contributed by atoms with Gasteiger partial charge in [0.2, 0.25) is 0 Å².